The summed E-state index contributed by atoms with van der Waals surface area (Å²) in [4.78, 5) is 23.8. The van der Waals surface area contributed by atoms with Gasteiger partial charge in [0, 0.05) is 11.8 Å². The summed E-state index contributed by atoms with van der Waals surface area (Å²) in [5.74, 6) is 2.50. The summed E-state index contributed by atoms with van der Waals surface area (Å²) in [6.07, 6.45) is 0. The highest BCUT2D eigenvalue weighted by molar-refractivity contribution is 7.99. The molecule has 1 heterocycles. The first-order chi connectivity index (χ1) is 13.5. The van der Waals surface area contributed by atoms with Crippen molar-refractivity contribution >= 4 is 29.3 Å². The van der Waals surface area contributed by atoms with Gasteiger partial charge < -0.3 is 23.9 Å². The van der Waals surface area contributed by atoms with Crippen LogP contribution in [-0.4, -0.2) is 38.0 Å². The maximum absolute atomic E-state index is 12.2. The van der Waals surface area contributed by atoms with Crippen molar-refractivity contribution in [3.63, 3.8) is 0 Å². The number of furan rings is 1. The average Bonchev–Trinajstić information content (AvgIpc) is 3.04. The zero-order valence-electron chi connectivity index (χ0n) is 16.5. The van der Waals surface area contributed by atoms with Crippen LogP contribution in [0.15, 0.2) is 28.7 Å². The van der Waals surface area contributed by atoms with Gasteiger partial charge in [-0.05, 0) is 39.0 Å². The molecule has 0 aliphatic heterocycles. The molecule has 0 saturated carbocycles. The number of aryl methyl sites for hydroxylation is 1. The third-order valence-corrected chi connectivity index (χ3v) is 4.63. The highest BCUT2D eigenvalue weighted by Crippen LogP contribution is 2.30. The maximum atomic E-state index is 12.2. The van der Waals surface area contributed by atoms with E-state index in [4.69, 9.17) is 18.6 Å². The molecule has 0 unspecified atom stereocenters. The van der Waals surface area contributed by atoms with E-state index in [1.54, 1.807) is 31.2 Å². The van der Waals surface area contributed by atoms with Crippen molar-refractivity contribution in [3.8, 4) is 11.5 Å². The zero-order chi connectivity index (χ0) is 20.5. The molecule has 2 aromatic rings. The molecule has 152 valence electrons. The molecule has 28 heavy (non-hydrogen) atoms. The predicted molar refractivity (Wildman–Crippen MR) is 108 cm³/mol. The van der Waals surface area contributed by atoms with Crippen LogP contribution in [0.25, 0.3) is 0 Å². The van der Waals surface area contributed by atoms with Crippen LogP contribution in [-0.2, 0) is 15.3 Å². The number of anilines is 1. The van der Waals surface area contributed by atoms with E-state index in [-0.39, 0.29) is 11.7 Å². The molecule has 0 aliphatic carbocycles. The molecule has 1 N–H and O–H groups in total. The average molecular weight is 407 g/mol. The third kappa shape index (κ3) is 5.95. The van der Waals surface area contributed by atoms with E-state index in [0.29, 0.717) is 53.2 Å². The second-order valence-corrected chi connectivity index (χ2v) is 6.73. The number of rotatable bonds is 10. The van der Waals surface area contributed by atoms with Crippen molar-refractivity contribution in [2.75, 3.05) is 31.4 Å². The Balaban J connectivity index is 1.89. The molecule has 0 atom stereocenters. The summed E-state index contributed by atoms with van der Waals surface area (Å²) in [5.41, 5.74) is 1.04. The van der Waals surface area contributed by atoms with Crippen molar-refractivity contribution in [1.29, 1.82) is 0 Å². The third-order valence-electron chi connectivity index (χ3n) is 3.68. The van der Waals surface area contributed by atoms with E-state index in [0.717, 1.165) is 0 Å². The van der Waals surface area contributed by atoms with Crippen LogP contribution in [0.1, 0.15) is 35.7 Å². The van der Waals surface area contributed by atoms with E-state index in [1.165, 1.54) is 18.9 Å². The lowest BCUT2D eigenvalue weighted by Gasteiger charge is -2.13. The van der Waals surface area contributed by atoms with Gasteiger partial charge in [0.05, 0.1) is 31.8 Å². The maximum Gasteiger partial charge on any atom is 0.341 e. The van der Waals surface area contributed by atoms with Gasteiger partial charge in [0.2, 0.25) is 5.91 Å². The SMILES string of the molecule is CCOc1ccc(NC(=O)CSCc2cc(C(=O)OC)c(C)o2)cc1OCC. The Labute approximate surface area is 168 Å². The predicted octanol–water partition coefficient (Wildman–Crippen LogP) is 4.04. The Bertz CT molecular complexity index is 817. The number of hydrogen-bond acceptors (Lipinski definition) is 7. The van der Waals surface area contributed by atoms with Crippen LogP contribution in [0.2, 0.25) is 0 Å². The second-order valence-electron chi connectivity index (χ2n) is 5.74. The first-order valence-electron chi connectivity index (χ1n) is 8.93. The van der Waals surface area contributed by atoms with Crippen LogP contribution in [0, 0.1) is 6.92 Å². The summed E-state index contributed by atoms with van der Waals surface area (Å²) in [5, 5.41) is 2.84. The van der Waals surface area contributed by atoms with Gasteiger partial charge in [-0.1, -0.05) is 0 Å². The molecule has 0 spiro atoms. The summed E-state index contributed by atoms with van der Waals surface area (Å²) in [6.45, 7) is 6.53. The van der Waals surface area contributed by atoms with E-state index >= 15 is 0 Å². The van der Waals surface area contributed by atoms with Crippen molar-refractivity contribution in [2.45, 2.75) is 26.5 Å². The Morgan fingerprint density at radius 3 is 2.50 bits per heavy atom. The van der Waals surface area contributed by atoms with Crippen molar-refractivity contribution < 1.29 is 28.2 Å². The van der Waals surface area contributed by atoms with Gasteiger partial charge in [0.25, 0.3) is 0 Å². The molecular weight excluding hydrogens is 382 g/mol. The highest BCUT2D eigenvalue weighted by Gasteiger charge is 2.15. The number of benzene rings is 1. The Morgan fingerprint density at radius 2 is 1.82 bits per heavy atom. The van der Waals surface area contributed by atoms with Crippen molar-refractivity contribution in [3.05, 3.63) is 41.3 Å². The molecule has 1 aromatic heterocycles. The standard InChI is InChI=1S/C20H25NO6S/c1-5-25-17-8-7-14(9-18(17)26-6-2)21-19(22)12-28-11-15-10-16(13(3)27-15)20(23)24-4/h7-10H,5-6,11-12H2,1-4H3,(H,21,22). The second kappa shape index (κ2) is 10.7. The number of carbonyl (C=O) groups excluding carboxylic acids is 2. The number of methoxy groups -OCH3 is 1. The summed E-state index contributed by atoms with van der Waals surface area (Å²) >= 11 is 1.39. The van der Waals surface area contributed by atoms with Gasteiger partial charge in [-0.15, -0.1) is 11.8 Å². The van der Waals surface area contributed by atoms with Crippen LogP contribution in [0.4, 0.5) is 5.69 Å². The Kier molecular flexibility index (Phi) is 8.25. The van der Waals surface area contributed by atoms with Gasteiger partial charge >= 0.3 is 5.97 Å². The number of amides is 1. The Hall–Kier alpha value is -2.61. The highest BCUT2D eigenvalue weighted by atomic mass is 32.2. The fourth-order valence-electron chi connectivity index (χ4n) is 2.50. The van der Waals surface area contributed by atoms with Crippen molar-refractivity contribution in [1.82, 2.24) is 0 Å². The first-order valence-corrected chi connectivity index (χ1v) is 10.1. The summed E-state index contributed by atoms with van der Waals surface area (Å²) in [7, 11) is 1.32. The summed E-state index contributed by atoms with van der Waals surface area (Å²) < 4.78 is 21.3. The molecular formula is C20H25NO6S. The quantitative estimate of drug-likeness (QED) is 0.595. The van der Waals surface area contributed by atoms with Gasteiger partial charge in [0.15, 0.2) is 11.5 Å². The molecule has 1 amide bonds. The molecule has 0 radical (unpaired) electrons. The number of ether oxygens (including phenoxy) is 3. The molecule has 0 bridgehead atoms. The molecule has 0 aliphatic rings. The minimum Gasteiger partial charge on any atom is -0.490 e. The van der Waals surface area contributed by atoms with E-state index in [9.17, 15) is 9.59 Å². The molecule has 0 saturated heterocycles. The molecule has 8 heteroatoms. The van der Waals surface area contributed by atoms with Gasteiger partial charge in [-0.3, -0.25) is 4.79 Å². The van der Waals surface area contributed by atoms with Gasteiger partial charge in [-0.25, -0.2) is 4.79 Å². The molecule has 0 fully saturated rings. The monoisotopic (exact) mass is 407 g/mol. The topological polar surface area (TPSA) is 87.0 Å². The minimum atomic E-state index is -0.434. The normalized spacial score (nSPS) is 10.4. The molecule has 1 aromatic carbocycles. The summed E-state index contributed by atoms with van der Waals surface area (Å²) in [6, 6.07) is 6.94. The molecule has 2 rings (SSSR count). The van der Waals surface area contributed by atoms with E-state index in [1.807, 2.05) is 13.8 Å². The smallest absolute Gasteiger partial charge is 0.341 e. The number of thioether (sulfide) groups is 1. The fraction of sp³-hybridized carbons (Fsp3) is 0.400. The minimum absolute atomic E-state index is 0.145. The largest absolute Gasteiger partial charge is 0.490 e. The first kappa shape index (κ1) is 21.7. The van der Waals surface area contributed by atoms with Crippen LogP contribution >= 0.6 is 11.8 Å². The molecule has 7 nitrogen and oxygen atoms in total. The lowest BCUT2D eigenvalue weighted by atomic mass is 10.2. The lowest BCUT2D eigenvalue weighted by Crippen LogP contribution is -2.14. The van der Waals surface area contributed by atoms with Crippen LogP contribution in [0.3, 0.4) is 0 Å². The lowest BCUT2D eigenvalue weighted by molar-refractivity contribution is -0.113. The van der Waals surface area contributed by atoms with Gasteiger partial charge in [-0.2, -0.15) is 0 Å². The Morgan fingerprint density at radius 1 is 1.11 bits per heavy atom. The van der Waals surface area contributed by atoms with E-state index < -0.39 is 5.97 Å². The number of nitrogens with one attached hydrogen (secondary N) is 1. The van der Waals surface area contributed by atoms with Crippen LogP contribution in [0.5, 0.6) is 11.5 Å². The van der Waals surface area contributed by atoms with E-state index in [2.05, 4.69) is 5.32 Å². The number of hydrogen-bond donors (Lipinski definition) is 1. The zero-order valence-corrected chi connectivity index (χ0v) is 17.3. The van der Waals surface area contributed by atoms with Crippen molar-refractivity contribution in [2.24, 2.45) is 0 Å². The number of esters is 1. The fourth-order valence-corrected chi connectivity index (χ4v) is 3.20. The van der Waals surface area contributed by atoms with Gasteiger partial charge in [0.1, 0.15) is 17.1 Å². The van der Waals surface area contributed by atoms with Crippen LogP contribution < -0.4 is 14.8 Å². The number of carbonyl (C=O) groups is 2.